The van der Waals surface area contributed by atoms with Gasteiger partial charge in [-0.15, -0.1) is 0 Å². The number of carbonyl (C=O) groups excluding carboxylic acids is 1. The molecule has 0 saturated carbocycles. The fourth-order valence-electron chi connectivity index (χ4n) is 2.17. The van der Waals surface area contributed by atoms with Crippen LogP contribution in [0.3, 0.4) is 0 Å². The fraction of sp³-hybridized carbons (Fsp3) is 0.643. The lowest BCUT2D eigenvalue weighted by Gasteiger charge is -2.32. The van der Waals surface area contributed by atoms with Gasteiger partial charge >= 0.3 is 0 Å². The van der Waals surface area contributed by atoms with Crippen molar-refractivity contribution in [2.75, 3.05) is 50.1 Å². The van der Waals surface area contributed by atoms with Gasteiger partial charge in [-0.3, -0.25) is 4.79 Å². The predicted octanol–water partition coefficient (Wildman–Crippen LogP) is 0.185. The van der Waals surface area contributed by atoms with Gasteiger partial charge < -0.3 is 20.2 Å². The predicted molar refractivity (Wildman–Crippen MR) is 81.2 cm³/mol. The molecule has 1 aliphatic heterocycles. The smallest absolute Gasteiger partial charge is 0.241 e. The lowest BCUT2D eigenvalue weighted by Crippen LogP contribution is -2.48. The molecular weight excluding hydrogens is 270 g/mol. The quantitative estimate of drug-likeness (QED) is 0.779. The van der Waals surface area contributed by atoms with Crippen molar-refractivity contribution in [1.82, 2.24) is 14.9 Å². The Labute approximate surface area is 125 Å². The minimum absolute atomic E-state index is 0.103. The van der Waals surface area contributed by atoms with Crippen LogP contribution < -0.4 is 10.2 Å². The van der Waals surface area contributed by atoms with Gasteiger partial charge in [0.05, 0.1) is 6.54 Å². The van der Waals surface area contributed by atoms with Gasteiger partial charge in [0, 0.05) is 39.4 Å². The highest BCUT2D eigenvalue weighted by Gasteiger charge is 2.22. The maximum Gasteiger partial charge on any atom is 0.241 e. The molecular formula is C14H23N5O2. The number of nitrogens with zero attached hydrogens (tertiary/aromatic N) is 4. The normalized spacial score (nSPS) is 17.0. The summed E-state index contributed by atoms with van der Waals surface area (Å²) in [6.07, 6.45) is 2.27. The molecule has 1 aliphatic rings. The summed E-state index contributed by atoms with van der Waals surface area (Å²) in [6.45, 7) is 4.86. The van der Waals surface area contributed by atoms with E-state index in [2.05, 4.69) is 22.2 Å². The number of carbonyl (C=O) groups is 1. The number of aromatic nitrogens is 2. The van der Waals surface area contributed by atoms with E-state index in [4.69, 9.17) is 5.11 Å². The van der Waals surface area contributed by atoms with Gasteiger partial charge in [0.25, 0.3) is 0 Å². The fourth-order valence-corrected chi connectivity index (χ4v) is 2.17. The minimum atomic E-state index is 0.103. The first-order valence-electron chi connectivity index (χ1n) is 7.26. The number of rotatable bonds is 6. The number of nitrogens with one attached hydrogen (secondary N) is 1. The summed E-state index contributed by atoms with van der Waals surface area (Å²) in [5.74, 6) is 1.99. The number of piperazine rings is 1. The molecule has 1 amide bonds. The van der Waals surface area contributed by atoms with Crippen LogP contribution in [0.4, 0.5) is 11.6 Å². The molecule has 2 heterocycles. The van der Waals surface area contributed by atoms with Crippen molar-refractivity contribution in [3.63, 3.8) is 0 Å². The van der Waals surface area contributed by atoms with E-state index >= 15 is 0 Å². The first kappa shape index (κ1) is 15.5. The second-order valence-electron chi connectivity index (χ2n) is 5.50. The van der Waals surface area contributed by atoms with Crippen molar-refractivity contribution < 1.29 is 9.90 Å². The van der Waals surface area contributed by atoms with Crippen molar-refractivity contribution in [1.29, 1.82) is 0 Å². The molecule has 1 aromatic heterocycles. The number of aliphatic hydroxyl groups is 1. The third kappa shape index (κ3) is 4.29. The Morgan fingerprint density at radius 3 is 2.95 bits per heavy atom. The number of anilines is 2. The summed E-state index contributed by atoms with van der Waals surface area (Å²) < 4.78 is 0. The zero-order valence-electron chi connectivity index (χ0n) is 12.6. The molecule has 1 aromatic rings. The Balaban J connectivity index is 1.96. The molecule has 2 rings (SSSR count). The molecule has 0 bridgehead atoms. The van der Waals surface area contributed by atoms with Crippen LogP contribution in [0.15, 0.2) is 12.4 Å². The first-order chi connectivity index (χ1) is 10.1. The van der Waals surface area contributed by atoms with Gasteiger partial charge in [-0.1, -0.05) is 6.92 Å². The monoisotopic (exact) mass is 293 g/mol. The third-order valence-corrected chi connectivity index (χ3v) is 3.69. The molecule has 0 radical (unpaired) electrons. The van der Waals surface area contributed by atoms with Crippen molar-refractivity contribution in [3.8, 4) is 0 Å². The molecule has 7 heteroatoms. The highest BCUT2D eigenvalue weighted by atomic mass is 16.3. The van der Waals surface area contributed by atoms with Crippen molar-refractivity contribution in [2.24, 2.45) is 5.92 Å². The van der Waals surface area contributed by atoms with Crippen LogP contribution in [0.2, 0.25) is 0 Å². The average molecular weight is 293 g/mol. The number of amides is 1. The molecule has 7 nitrogen and oxygen atoms in total. The molecule has 1 fully saturated rings. The first-order valence-corrected chi connectivity index (χ1v) is 7.26. The standard InChI is InChI=1S/C14H23N5O2/c1-11(3-6-20)8-15-12-7-13(17-10-16-12)19-5-4-18(2)14(21)9-19/h7,10-11,20H,3-6,8-9H2,1-2H3,(H,15,16,17). The molecule has 21 heavy (non-hydrogen) atoms. The minimum Gasteiger partial charge on any atom is -0.396 e. The summed E-state index contributed by atoms with van der Waals surface area (Å²) in [4.78, 5) is 23.9. The SMILES string of the molecule is CC(CCO)CNc1cc(N2CCN(C)C(=O)C2)ncn1. The maximum atomic E-state index is 11.8. The lowest BCUT2D eigenvalue weighted by atomic mass is 10.1. The van der Waals surface area contributed by atoms with Crippen LogP contribution in [0.5, 0.6) is 0 Å². The van der Waals surface area contributed by atoms with E-state index < -0.39 is 0 Å². The second-order valence-corrected chi connectivity index (χ2v) is 5.50. The summed E-state index contributed by atoms with van der Waals surface area (Å²) in [5, 5.41) is 12.1. The number of hydrogen-bond acceptors (Lipinski definition) is 6. The topological polar surface area (TPSA) is 81.6 Å². The van der Waals surface area contributed by atoms with E-state index in [0.717, 1.165) is 31.1 Å². The van der Waals surface area contributed by atoms with Gasteiger partial charge in [0.1, 0.15) is 18.0 Å². The van der Waals surface area contributed by atoms with E-state index in [-0.39, 0.29) is 12.5 Å². The zero-order chi connectivity index (χ0) is 15.2. The Morgan fingerprint density at radius 1 is 1.43 bits per heavy atom. The molecule has 1 saturated heterocycles. The Bertz CT molecular complexity index is 482. The molecule has 116 valence electrons. The van der Waals surface area contributed by atoms with Gasteiger partial charge in [0.15, 0.2) is 0 Å². The van der Waals surface area contributed by atoms with E-state index in [9.17, 15) is 4.79 Å². The highest BCUT2D eigenvalue weighted by Crippen LogP contribution is 2.16. The van der Waals surface area contributed by atoms with Crippen molar-refractivity contribution in [2.45, 2.75) is 13.3 Å². The summed E-state index contributed by atoms with van der Waals surface area (Å²) in [6, 6.07) is 1.87. The van der Waals surface area contributed by atoms with Gasteiger partial charge in [-0.25, -0.2) is 9.97 Å². The second kappa shape index (κ2) is 7.21. The maximum absolute atomic E-state index is 11.8. The molecule has 0 aliphatic carbocycles. The summed E-state index contributed by atoms with van der Waals surface area (Å²) >= 11 is 0. The van der Waals surface area contributed by atoms with Crippen LogP contribution >= 0.6 is 0 Å². The van der Waals surface area contributed by atoms with Crippen LogP contribution in [0, 0.1) is 5.92 Å². The molecule has 2 N–H and O–H groups in total. The summed E-state index contributed by atoms with van der Waals surface area (Å²) in [5.41, 5.74) is 0. The molecule has 1 unspecified atom stereocenters. The number of aliphatic hydroxyl groups excluding tert-OH is 1. The van der Waals surface area contributed by atoms with E-state index in [0.29, 0.717) is 19.0 Å². The van der Waals surface area contributed by atoms with Crippen molar-refractivity contribution >= 4 is 17.5 Å². The van der Waals surface area contributed by atoms with Gasteiger partial charge in [0.2, 0.25) is 5.91 Å². The van der Waals surface area contributed by atoms with E-state index in [1.807, 2.05) is 18.0 Å². The van der Waals surface area contributed by atoms with Crippen LogP contribution in [0.1, 0.15) is 13.3 Å². The van der Waals surface area contributed by atoms with Crippen molar-refractivity contribution in [3.05, 3.63) is 12.4 Å². The van der Waals surface area contributed by atoms with Crippen LogP contribution in [0.25, 0.3) is 0 Å². The third-order valence-electron chi connectivity index (χ3n) is 3.69. The largest absolute Gasteiger partial charge is 0.396 e. The van der Waals surface area contributed by atoms with Gasteiger partial charge in [-0.05, 0) is 12.3 Å². The van der Waals surface area contributed by atoms with Gasteiger partial charge in [-0.2, -0.15) is 0 Å². The Morgan fingerprint density at radius 2 is 2.24 bits per heavy atom. The van der Waals surface area contributed by atoms with E-state index in [1.54, 1.807) is 4.90 Å². The van der Waals surface area contributed by atoms with E-state index in [1.165, 1.54) is 6.33 Å². The average Bonchev–Trinajstić information content (AvgIpc) is 2.49. The Kier molecular flexibility index (Phi) is 5.32. The molecule has 0 aromatic carbocycles. The lowest BCUT2D eigenvalue weighted by molar-refractivity contribution is -0.129. The number of hydrogen-bond donors (Lipinski definition) is 2. The summed E-state index contributed by atoms with van der Waals surface area (Å²) in [7, 11) is 1.81. The Hall–Kier alpha value is -1.89. The van der Waals surface area contributed by atoms with Crippen LogP contribution in [-0.4, -0.2) is 65.7 Å². The molecule has 1 atom stereocenters. The zero-order valence-corrected chi connectivity index (χ0v) is 12.6. The number of likely N-dealkylation sites (N-methyl/N-ethyl adjacent to an activating group) is 1. The molecule has 0 spiro atoms. The highest BCUT2D eigenvalue weighted by molar-refractivity contribution is 5.82. The van der Waals surface area contributed by atoms with Crippen LogP contribution in [-0.2, 0) is 4.79 Å².